The van der Waals surface area contributed by atoms with Gasteiger partial charge in [0.2, 0.25) is 10.6 Å². The number of hydrogen-bond donors (Lipinski definition) is 1. The van der Waals surface area contributed by atoms with E-state index in [2.05, 4.69) is 39.1 Å². The first-order valence-electron chi connectivity index (χ1n) is 10.1. The summed E-state index contributed by atoms with van der Waals surface area (Å²) >= 11 is 20.8. The minimum absolute atomic E-state index is 0.207. The molecule has 176 valence electrons. The van der Waals surface area contributed by atoms with E-state index in [-0.39, 0.29) is 16.4 Å². The highest BCUT2D eigenvalue weighted by Gasteiger charge is 2.14. The molecule has 0 spiro atoms. The van der Waals surface area contributed by atoms with E-state index < -0.39 is 0 Å². The summed E-state index contributed by atoms with van der Waals surface area (Å²) in [6.07, 6.45) is 0. The van der Waals surface area contributed by atoms with Gasteiger partial charge >= 0.3 is 0 Å². The second kappa shape index (κ2) is 10.3. The molecule has 34 heavy (non-hydrogen) atoms. The molecule has 5 nitrogen and oxygen atoms in total. The first kappa shape index (κ1) is 25.0. The zero-order valence-corrected chi connectivity index (χ0v) is 22.5. The number of nitrogens with zero attached hydrogens (tertiary/aromatic N) is 4. The van der Waals surface area contributed by atoms with Crippen LogP contribution in [-0.4, -0.2) is 19.9 Å². The molecule has 0 saturated heterocycles. The Morgan fingerprint density at radius 1 is 0.765 bits per heavy atom. The van der Waals surface area contributed by atoms with Crippen molar-refractivity contribution < 1.29 is 4.39 Å². The van der Waals surface area contributed by atoms with E-state index in [1.165, 1.54) is 21.9 Å². The maximum Gasteiger partial charge on any atom is 0.225 e. The Morgan fingerprint density at radius 2 is 1.29 bits per heavy atom. The van der Waals surface area contributed by atoms with Crippen LogP contribution in [-0.2, 0) is 6.54 Å². The number of nitrogens with one attached hydrogen (secondary N) is 1. The van der Waals surface area contributed by atoms with Crippen LogP contribution in [0.3, 0.4) is 0 Å². The lowest BCUT2D eigenvalue weighted by Gasteiger charge is -2.08. The van der Waals surface area contributed by atoms with Crippen molar-refractivity contribution in [2.24, 2.45) is 0 Å². The first-order valence-corrected chi connectivity index (χ1v) is 12.9. The predicted octanol–water partition coefficient (Wildman–Crippen LogP) is 8.33. The molecule has 0 bridgehead atoms. The third-order valence-electron chi connectivity index (χ3n) is 5.33. The van der Waals surface area contributed by atoms with Crippen LogP contribution in [0, 0.1) is 33.5 Å². The molecule has 5 aromatic rings. The summed E-state index contributed by atoms with van der Waals surface area (Å²) in [7, 11) is 0. The number of benzene rings is 1. The average Bonchev–Trinajstić information content (AvgIpc) is 3.22. The molecule has 0 amide bonds. The van der Waals surface area contributed by atoms with Crippen LogP contribution in [0.25, 0.3) is 20.4 Å². The van der Waals surface area contributed by atoms with Crippen LogP contribution in [0.5, 0.6) is 0 Å². The molecular weight excluding hydrogens is 536 g/mol. The van der Waals surface area contributed by atoms with Crippen molar-refractivity contribution in [1.29, 1.82) is 0 Å². The third kappa shape index (κ3) is 5.26. The minimum Gasteiger partial charge on any atom is -0.365 e. The van der Waals surface area contributed by atoms with Crippen molar-refractivity contribution in [1.82, 2.24) is 19.9 Å². The van der Waals surface area contributed by atoms with Gasteiger partial charge in [0.25, 0.3) is 0 Å². The molecular formula is C23H19Cl3FN5S2. The summed E-state index contributed by atoms with van der Waals surface area (Å²) < 4.78 is 12.9. The van der Waals surface area contributed by atoms with Crippen molar-refractivity contribution in [3.63, 3.8) is 0 Å². The van der Waals surface area contributed by atoms with Gasteiger partial charge < -0.3 is 5.32 Å². The predicted molar refractivity (Wildman–Crippen MR) is 143 cm³/mol. The van der Waals surface area contributed by atoms with Gasteiger partial charge in [0.1, 0.15) is 26.4 Å². The molecule has 1 N–H and O–H groups in total. The molecule has 0 atom stereocenters. The van der Waals surface area contributed by atoms with E-state index in [1.807, 2.05) is 13.8 Å². The van der Waals surface area contributed by atoms with Crippen molar-refractivity contribution in [3.8, 4) is 0 Å². The van der Waals surface area contributed by atoms with Crippen molar-refractivity contribution in [2.75, 3.05) is 5.32 Å². The topological polar surface area (TPSA) is 63.6 Å². The van der Waals surface area contributed by atoms with Crippen LogP contribution >= 0.6 is 57.5 Å². The van der Waals surface area contributed by atoms with E-state index in [1.54, 1.807) is 34.8 Å². The second-order valence-corrected chi connectivity index (χ2v) is 11.0. The summed E-state index contributed by atoms with van der Waals surface area (Å²) in [6, 6.07) is 6.38. The molecule has 0 fully saturated rings. The summed E-state index contributed by atoms with van der Waals surface area (Å²) in [5.74, 6) is 0.478. The van der Waals surface area contributed by atoms with Gasteiger partial charge in [-0.1, -0.05) is 23.7 Å². The molecule has 0 aliphatic rings. The lowest BCUT2D eigenvalue weighted by Crippen LogP contribution is -2.03. The molecule has 0 aliphatic heterocycles. The number of anilines is 1. The number of thiophene rings is 2. The highest BCUT2D eigenvalue weighted by atomic mass is 35.5. The summed E-state index contributed by atoms with van der Waals surface area (Å²) in [5.41, 5.74) is 3.28. The number of halogens is 4. The maximum atomic E-state index is 12.9. The standard InChI is InChI=1S/C15H13ClFN3S.C8H6Cl2N2S/c1-8-9(2)21-14-12(8)13(19-15(16)20-14)18-7-10-3-5-11(17)6-4-10;1-3-4(2)13-7-5(3)6(9)11-8(10)12-7/h3-6H,7H2,1-2H3,(H,18,19,20);1-2H3. The van der Waals surface area contributed by atoms with E-state index in [0.717, 1.165) is 42.9 Å². The monoisotopic (exact) mass is 553 g/mol. The molecule has 0 unspecified atom stereocenters. The number of hydrogen-bond acceptors (Lipinski definition) is 7. The Bertz CT molecular complexity index is 1500. The Hall–Kier alpha value is -2.10. The van der Waals surface area contributed by atoms with Gasteiger partial charge in [0.05, 0.1) is 10.8 Å². The fraction of sp³-hybridized carbons (Fsp3) is 0.217. The summed E-state index contributed by atoms with van der Waals surface area (Å²) in [5, 5.41) is 6.07. The number of aryl methyl sites for hydroxylation is 4. The van der Waals surface area contributed by atoms with E-state index in [9.17, 15) is 4.39 Å². The molecule has 4 aromatic heterocycles. The van der Waals surface area contributed by atoms with Gasteiger partial charge in [-0.3, -0.25) is 0 Å². The van der Waals surface area contributed by atoms with E-state index >= 15 is 0 Å². The van der Waals surface area contributed by atoms with E-state index in [4.69, 9.17) is 34.8 Å². The minimum atomic E-state index is -0.240. The van der Waals surface area contributed by atoms with Crippen molar-refractivity contribution >= 4 is 83.7 Å². The number of aromatic nitrogens is 4. The SMILES string of the molecule is Cc1sc2nc(Cl)nc(Cl)c2c1C.Cc1sc2nc(Cl)nc(NCc3ccc(F)cc3)c2c1C. The third-order valence-corrected chi connectivity index (χ3v) is 8.15. The largest absolute Gasteiger partial charge is 0.365 e. The summed E-state index contributed by atoms with van der Waals surface area (Å²) in [6.45, 7) is 8.70. The Kier molecular flexibility index (Phi) is 7.54. The van der Waals surface area contributed by atoms with Crippen LogP contribution < -0.4 is 5.32 Å². The zero-order valence-electron chi connectivity index (χ0n) is 18.6. The summed E-state index contributed by atoms with van der Waals surface area (Å²) in [4.78, 5) is 20.7. The normalized spacial score (nSPS) is 11.1. The van der Waals surface area contributed by atoms with Gasteiger partial charge in [0.15, 0.2) is 0 Å². The molecule has 4 heterocycles. The Morgan fingerprint density at radius 3 is 1.91 bits per heavy atom. The van der Waals surface area contributed by atoms with E-state index in [0.29, 0.717) is 11.7 Å². The van der Waals surface area contributed by atoms with Gasteiger partial charge in [-0.05, 0) is 79.7 Å². The zero-order chi connectivity index (χ0) is 24.6. The molecule has 11 heteroatoms. The lowest BCUT2D eigenvalue weighted by atomic mass is 10.2. The fourth-order valence-electron chi connectivity index (χ4n) is 3.32. The van der Waals surface area contributed by atoms with Gasteiger partial charge in [-0.25, -0.2) is 24.3 Å². The average molecular weight is 555 g/mol. The first-order chi connectivity index (χ1) is 16.1. The van der Waals surface area contributed by atoms with Gasteiger partial charge in [-0.15, -0.1) is 22.7 Å². The number of rotatable bonds is 3. The smallest absolute Gasteiger partial charge is 0.225 e. The Balaban J connectivity index is 0.000000180. The van der Waals surface area contributed by atoms with Crippen LogP contribution in [0.2, 0.25) is 15.7 Å². The number of fused-ring (bicyclic) bond motifs is 2. The van der Waals surface area contributed by atoms with Gasteiger partial charge in [0, 0.05) is 16.3 Å². The molecule has 0 aliphatic carbocycles. The van der Waals surface area contributed by atoms with Crippen molar-refractivity contribution in [2.45, 2.75) is 34.2 Å². The highest BCUT2D eigenvalue weighted by Crippen LogP contribution is 2.35. The molecule has 1 aromatic carbocycles. The quantitative estimate of drug-likeness (QED) is 0.179. The van der Waals surface area contributed by atoms with Crippen LogP contribution in [0.4, 0.5) is 10.2 Å². The Labute approximate surface area is 219 Å². The second-order valence-electron chi connectivity index (χ2n) is 7.53. The van der Waals surface area contributed by atoms with Crippen LogP contribution in [0.1, 0.15) is 26.4 Å². The highest BCUT2D eigenvalue weighted by molar-refractivity contribution is 7.19. The van der Waals surface area contributed by atoms with Crippen molar-refractivity contribution in [3.05, 3.63) is 72.2 Å². The van der Waals surface area contributed by atoms with Gasteiger partial charge in [-0.2, -0.15) is 0 Å². The maximum absolute atomic E-state index is 12.9. The van der Waals surface area contributed by atoms with Crippen LogP contribution in [0.15, 0.2) is 24.3 Å². The fourth-order valence-corrected chi connectivity index (χ4v) is 6.22. The molecule has 0 saturated carbocycles. The molecule has 0 radical (unpaired) electrons. The molecule has 5 rings (SSSR count). The lowest BCUT2D eigenvalue weighted by molar-refractivity contribution is 0.627.